The summed E-state index contributed by atoms with van der Waals surface area (Å²) in [4.78, 5) is 0. The van der Waals surface area contributed by atoms with Crippen molar-refractivity contribution in [3.63, 3.8) is 0 Å². The minimum Gasteiger partial charge on any atom is -0.392 e. The van der Waals surface area contributed by atoms with Crippen LogP contribution in [0.5, 0.6) is 0 Å². The largest absolute Gasteiger partial charge is 0.392 e. The third kappa shape index (κ3) is 1.93. The predicted octanol–water partition coefficient (Wildman–Crippen LogP) is 2.49. The summed E-state index contributed by atoms with van der Waals surface area (Å²) in [6, 6.07) is 0. The molecule has 1 aliphatic heterocycles. The van der Waals surface area contributed by atoms with Crippen LogP contribution in [0.2, 0.25) is 0 Å². The van der Waals surface area contributed by atoms with Crippen molar-refractivity contribution < 1.29 is 14.6 Å². The van der Waals surface area contributed by atoms with E-state index in [4.69, 9.17) is 9.47 Å². The van der Waals surface area contributed by atoms with E-state index < -0.39 is 0 Å². The Labute approximate surface area is 109 Å². The van der Waals surface area contributed by atoms with Gasteiger partial charge in [0.2, 0.25) is 0 Å². The number of hydrogen-bond acceptors (Lipinski definition) is 3. The van der Waals surface area contributed by atoms with Gasteiger partial charge < -0.3 is 14.6 Å². The zero-order valence-electron chi connectivity index (χ0n) is 11.4. The Bertz CT molecular complexity index is 353. The molecule has 18 heavy (non-hydrogen) atoms. The molecule has 3 rings (SSSR count). The molecule has 1 N–H and O–H groups in total. The van der Waals surface area contributed by atoms with E-state index in [0.717, 1.165) is 38.9 Å². The predicted molar refractivity (Wildman–Crippen MR) is 69.0 cm³/mol. The molecule has 1 heterocycles. The molecule has 0 aromatic heterocycles. The molecule has 3 heteroatoms. The molecule has 0 radical (unpaired) electrons. The van der Waals surface area contributed by atoms with Crippen LogP contribution in [-0.4, -0.2) is 30.7 Å². The highest BCUT2D eigenvalue weighted by Crippen LogP contribution is 2.54. The van der Waals surface area contributed by atoms with Gasteiger partial charge in [-0.15, -0.1) is 0 Å². The lowest BCUT2D eigenvalue weighted by atomic mass is 9.77. The first kappa shape index (κ1) is 12.6. The second kappa shape index (κ2) is 4.32. The number of ether oxygens (including phenoxy) is 2. The van der Waals surface area contributed by atoms with Gasteiger partial charge in [0.15, 0.2) is 5.79 Å². The van der Waals surface area contributed by atoms with E-state index in [0.29, 0.717) is 11.8 Å². The van der Waals surface area contributed by atoms with Gasteiger partial charge in [0, 0.05) is 12.3 Å². The molecule has 1 spiro atoms. The number of aliphatic hydroxyl groups is 1. The fourth-order valence-electron chi connectivity index (χ4n) is 4.04. The summed E-state index contributed by atoms with van der Waals surface area (Å²) in [5.74, 6) is 0.520. The molecule has 3 nitrogen and oxygen atoms in total. The molecule has 2 fully saturated rings. The first-order valence-electron chi connectivity index (χ1n) is 7.14. The van der Waals surface area contributed by atoms with Crippen molar-refractivity contribution in [1.29, 1.82) is 0 Å². The number of hydrogen-bond donors (Lipinski definition) is 1. The second-order valence-corrected chi connectivity index (χ2v) is 6.77. The molecule has 0 bridgehead atoms. The van der Waals surface area contributed by atoms with Gasteiger partial charge in [0.25, 0.3) is 0 Å². The van der Waals surface area contributed by atoms with Gasteiger partial charge in [-0.25, -0.2) is 0 Å². The van der Waals surface area contributed by atoms with Crippen LogP contribution in [0.15, 0.2) is 11.6 Å². The van der Waals surface area contributed by atoms with Crippen molar-refractivity contribution in [2.45, 2.75) is 45.3 Å². The summed E-state index contributed by atoms with van der Waals surface area (Å²) >= 11 is 0. The van der Waals surface area contributed by atoms with Crippen LogP contribution >= 0.6 is 0 Å². The summed E-state index contributed by atoms with van der Waals surface area (Å²) in [5.41, 5.74) is 1.48. The molecule has 0 aromatic carbocycles. The summed E-state index contributed by atoms with van der Waals surface area (Å²) < 4.78 is 12.0. The minimum atomic E-state index is -0.347. The maximum absolute atomic E-state index is 9.61. The third-order valence-corrected chi connectivity index (χ3v) is 4.98. The molecule has 1 saturated carbocycles. The van der Waals surface area contributed by atoms with Crippen molar-refractivity contribution in [2.75, 3.05) is 19.8 Å². The Morgan fingerprint density at radius 1 is 1.33 bits per heavy atom. The smallest absolute Gasteiger partial charge is 0.171 e. The quantitative estimate of drug-likeness (QED) is 0.729. The molecular weight excluding hydrogens is 228 g/mol. The SMILES string of the molecule is CC1(C)CC=C(CO)C2CCC3(OCCO3)C2C1. The molecule has 2 atom stereocenters. The second-order valence-electron chi connectivity index (χ2n) is 6.77. The van der Waals surface area contributed by atoms with E-state index in [2.05, 4.69) is 19.9 Å². The van der Waals surface area contributed by atoms with Gasteiger partial charge in [0.05, 0.1) is 19.8 Å². The Hall–Kier alpha value is -0.380. The van der Waals surface area contributed by atoms with Gasteiger partial charge in [-0.1, -0.05) is 19.9 Å². The van der Waals surface area contributed by atoms with E-state index in [1.165, 1.54) is 5.57 Å². The summed E-state index contributed by atoms with van der Waals surface area (Å²) in [6.45, 7) is 6.25. The van der Waals surface area contributed by atoms with Gasteiger partial charge in [-0.05, 0) is 36.2 Å². The van der Waals surface area contributed by atoms with Crippen LogP contribution < -0.4 is 0 Å². The lowest BCUT2D eigenvalue weighted by Gasteiger charge is -2.36. The highest BCUT2D eigenvalue weighted by molar-refractivity contribution is 5.17. The average molecular weight is 252 g/mol. The first-order valence-corrected chi connectivity index (χ1v) is 7.14. The number of allylic oxidation sites excluding steroid dienone is 1. The van der Waals surface area contributed by atoms with Gasteiger partial charge in [-0.2, -0.15) is 0 Å². The monoisotopic (exact) mass is 252 g/mol. The highest BCUT2D eigenvalue weighted by atomic mass is 16.7. The average Bonchev–Trinajstić information content (AvgIpc) is 2.89. The highest BCUT2D eigenvalue weighted by Gasteiger charge is 2.55. The van der Waals surface area contributed by atoms with Crippen LogP contribution in [0.25, 0.3) is 0 Å². The summed E-state index contributed by atoms with van der Waals surface area (Å²) in [5, 5.41) is 9.61. The Kier molecular flexibility index (Phi) is 3.04. The molecular formula is C15H24O3. The van der Waals surface area contributed by atoms with E-state index in [1.54, 1.807) is 0 Å². The molecule has 0 aromatic rings. The molecule has 2 unspecified atom stereocenters. The Morgan fingerprint density at radius 3 is 2.72 bits per heavy atom. The van der Waals surface area contributed by atoms with Gasteiger partial charge >= 0.3 is 0 Å². The van der Waals surface area contributed by atoms with Crippen molar-refractivity contribution >= 4 is 0 Å². The number of fused-ring (bicyclic) bond motifs is 2. The number of rotatable bonds is 1. The molecule has 0 amide bonds. The van der Waals surface area contributed by atoms with Crippen LogP contribution in [0.3, 0.4) is 0 Å². The molecule has 3 aliphatic rings. The van der Waals surface area contributed by atoms with Crippen molar-refractivity contribution in [3.05, 3.63) is 11.6 Å². The fourth-order valence-corrected chi connectivity index (χ4v) is 4.04. The van der Waals surface area contributed by atoms with Crippen molar-refractivity contribution in [3.8, 4) is 0 Å². The maximum Gasteiger partial charge on any atom is 0.171 e. The normalized spacial score (nSPS) is 37.4. The van der Waals surface area contributed by atoms with Crippen molar-refractivity contribution in [1.82, 2.24) is 0 Å². The van der Waals surface area contributed by atoms with Crippen LogP contribution in [0, 0.1) is 17.3 Å². The lowest BCUT2D eigenvalue weighted by Crippen LogP contribution is -2.39. The lowest BCUT2D eigenvalue weighted by molar-refractivity contribution is -0.190. The molecule has 102 valence electrons. The Balaban J connectivity index is 1.93. The van der Waals surface area contributed by atoms with Crippen LogP contribution in [0.4, 0.5) is 0 Å². The molecule has 2 aliphatic carbocycles. The third-order valence-electron chi connectivity index (χ3n) is 4.98. The summed E-state index contributed by atoms with van der Waals surface area (Å²) in [7, 11) is 0. The van der Waals surface area contributed by atoms with Gasteiger partial charge in [0.1, 0.15) is 0 Å². The fraction of sp³-hybridized carbons (Fsp3) is 0.867. The maximum atomic E-state index is 9.61. The van der Waals surface area contributed by atoms with E-state index >= 15 is 0 Å². The van der Waals surface area contributed by atoms with E-state index in [-0.39, 0.29) is 17.8 Å². The molecule has 1 saturated heterocycles. The van der Waals surface area contributed by atoms with Crippen LogP contribution in [0.1, 0.15) is 39.5 Å². The Morgan fingerprint density at radius 2 is 2.06 bits per heavy atom. The van der Waals surface area contributed by atoms with E-state index in [1.807, 2.05) is 0 Å². The zero-order valence-corrected chi connectivity index (χ0v) is 11.4. The minimum absolute atomic E-state index is 0.188. The van der Waals surface area contributed by atoms with Crippen LogP contribution in [-0.2, 0) is 9.47 Å². The van der Waals surface area contributed by atoms with E-state index in [9.17, 15) is 5.11 Å². The number of aliphatic hydroxyl groups excluding tert-OH is 1. The zero-order chi connectivity index (χ0) is 12.8. The van der Waals surface area contributed by atoms with Gasteiger partial charge in [-0.3, -0.25) is 0 Å². The van der Waals surface area contributed by atoms with Crippen molar-refractivity contribution in [2.24, 2.45) is 17.3 Å². The standard InChI is InChI=1S/C15H24O3/c1-14(2)5-3-11(10-16)12-4-6-15(13(12)9-14)17-7-8-18-15/h3,12-13,16H,4-10H2,1-2H3. The topological polar surface area (TPSA) is 38.7 Å². The first-order chi connectivity index (χ1) is 8.56. The summed E-state index contributed by atoms with van der Waals surface area (Å²) in [6.07, 6.45) is 6.51.